The van der Waals surface area contributed by atoms with Gasteiger partial charge in [-0.05, 0) is 12.0 Å². The van der Waals surface area contributed by atoms with Gasteiger partial charge in [-0.1, -0.05) is 36.4 Å². The summed E-state index contributed by atoms with van der Waals surface area (Å²) >= 11 is 0. The molecule has 86 valence electrons. The van der Waals surface area contributed by atoms with Crippen molar-refractivity contribution < 1.29 is 0 Å². The van der Waals surface area contributed by atoms with Gasteiger partial charge in [0.1, 0.15) is 0 Å². The van der Waals surface area contributed by atoms with Gasteiger partial charge in [-0.2, -0.15) is 0 Å². The first kappa shape index (κ1) is 11.4. The average Bonchev–Trinajstić information content (AvgIpc) is 2.31. The molecule has 16 heavy (non-hydrogen) atoms. The fourth-order valence-electron chi connectivity index (χ4n) is 2.28. The molecule has 0 aromatic heterocycles. The Labute approximate surface area is 98.0 Å². The van der Waals surface area contributed by atoms with E-state index in [1.807, 2.05) is 6.08 Å². The lowest BCUT2D eigenvalue weighted by molar-refractivity contribution is 0.217. The fourth-order valence-corrected chi connectivity index (χ4v) is 2.28. The number of hydrogen-bond acceptors (Lipinski definition) is 2. The van der Waals surface area contributed by atoms with Crippen LogP contribution in [0.2, 0.25) is 0 Å². The van der Waals surface area contributed by atoms with E-state index in [0.29, 0.717) is 6.04 Å². The number of nitrogens with one attached hydrogen (secondary N) is 1. The molecule has 0 radical (unpaired) electrons. The van der Waals surface area contributed by atoms with E-state index in [2.05, 4.69) is 47.1 Å². The first-order valence-electron chi connectivity index (χ1n) is 5.99. The summed E-state index contributed by atoms with van der Waals surface area (Å²) in [6.07, 6.45) is 3.11. The quantitative estimate of drug-likeness (QED) is 0.771. The van der Waals surface area contributed by atoms with Crippen LogP contribution in [0.25, 0.3) is 0 Å². The largest absolute Gasteiger partial charge is 0.311 e. The lowest BCUT2D eigenvalue weighted by atomic mass is 10.0. The predicted octanol–water partition coefficient (Wildman–Crippen LogP) is 1.69. The molecule has 1 aliphatic rings. The maximum Gasteiger partial charge on any atom is 0.0236 e. The van der Waals surface area contributed by atoms with Crippen LogP contribution in [0.15, 0.2) is 43.0 Å². The second-order valence-electron chi connectivity index (χ2n) is 4.39. The highest BCUT2D eigenvalue weighted by Crippen LogP contribution is 2.07. The normalized spacial score (nSPS) is 21.9. The zero-order chi connectivity index (χ0) is 11.2. The van der Waals surface area contributed by atoms with Crippen molar-refractivity contribution in [3.05, 3.63) is 48.6 Å². The van der Waals surface area contributed by atoms with Crippen molar-refractivity contribution in [3.8, 4) is 0 Å². The first-order valence-corrected chi connectivity index (χ1v) is 5.99. The zero-order valence-corrected chi connectivity index (χ0v) is 9.73. The molecule has 2 rings (SSSR count). The summed E-state index contributed by atoms with van der Waals surface area (Å²) in [5, 5.41) is 3.58. The Morgan fingerprint density at radius 2 is 2.19 bits per heavy atom. The van der Waals surface area contributed by atoms with Gasteiger partial charge in [0, 0.05) is 32.2 Å². The molecule has 0 aliphatic carbocycles. The van der Waals surface area contributed by atoms with Gasteiger partial charge < -0.3 is 5.32 Å². The van der Waals surface area contributed by atoms with Crippen molar-refractivity contribution in [3.63, 3.8) is 0 Å². The zero-order valence-electron chi connectivity index (χ0n) is 9.73. The van der Waals surface area contributed by atoms with Crippen molar-refractivity contribution in [1.82, 2.24) is 10.2 Å². The summed E-state index contributed by atoms with van der Waals surface area (Å²) in [6.45, 7) is 8.16. The van der Waals surface area contributed by atoms with E-state index in [4.69, 9.17) is 0 Å². The summed E-state index contributed by atoms with van der Waals surface area (Å²) in [6, 6.07) is 11.3. The van der Waals surface area contributed by atoms with Gasteiger partial charge in [0.15, 0.2) is 0 Å². The third kappa shape index (κ3) is 3.19. The molecular formula is C14H20N2. The average molecular weight is 216 g/mol. The highest BCUT2D eigenvalue weighted by atomic mass is 15.2. The van der Waals surface area contributed by atoms with Gasteiger partial charge in [0.25, 0.3) is 0 Å². The van der Waals surface area contributed by atoms with Gasteiger partial charge in [-0.25, -0.2) is 0 Å². The summed E-state index contributed by atoms with van der Waals surface area (Å²) in [4.78, 5) is 2.46. The monoisotopic (exact) mass is 216 g/mol. The van der Waals surface area contributed by atoms with E-state index in [9.17, 15) is 0 Å². The molecule has 0 spiro atoms. The highest BCUT2D eigenvalue weighted by molar-refractivity contribution is 5.16. The van der Waals surface area contributed by atoms with Gasteiger partial charge >= 0.3 is 0 Å². The number of nitrogens with zero attached hydrogens (tertiary/aromatic N) is 1. The SMILES string of the molecule is C=CCN1CCNC(Cc2ccccc2)C1. The van der Waals surface area contributed by atoms with Crippen molar-refractivity contribution >= 4 is 0 Å². The molecule has 1 unspecified atom stereocenters. The van der Waals surface area contributed by atoms with E-state index < -0.39 is 0 Å². The molecule has 1 atom stereocenters. The smallest absolute Gasteiger partial charge is 0.0236 e. The summed E-state index contributed by atoms with van der Waals surface area (Å²) in [5.41, 5.74) is 1.42. The molecule has 1 fully saturated rings. The minimum Gasteiger partial charge on any atom is -0.311 e. The van der Waals surface area contributed by atoms with Crippen LogP contribution in [0.5, 0.6) is 0 Å². The molecule has 0 bridgehead atoms. The number of piperazine rings is 1. The number of hydrogen-bond donors (Lipinski definition) is 1. The third-order valence-electron chi connectivity index (χ3n) is 3.05. The molecule has 2 heteroatoms. The van der Waals surface area contributed by atoms with Gasteiger partial charge in [0.2, 0.25) is 0 Å². The summed E-state index contributed by atoms with van der Waals surface area (Å²) in [7, 11) is 0. The minimum atomic E-state index is 0.580. The van der Waals surface area contributed by atoms with Crippen LogP contribution in [0.1, 0.15) is 5.56 Å². The molecule has 1 aromatic carbocycles. The first-order chi connectivity index (χ1) is 7.88. The van der Waals surface area contributed by atoms with Crippen LogP contribution >= 0.6 is 0 Å². The Kier molecular flexibility index (Phi) is 4.14. The molecule has 1 N–H and O–H groups in total. The Bertz CT molecular complexity index is 321. The molecule has 0 amide bonds. The third-order valence-corrected chi connectivity index (χ3v) is 3.05. The lowest BCUT2D eigenvalue weighted by Gasteiger charge is -2.33. The van der Waals surface area contributed by atoms with Crippen LogP contribution in [0.4, 0.5) is 0 Å². The maximum atomic E-state index is 3.80. The summed E-state index contributed by atoms with van der Waals surface area (Å²) in [5.74, 6) is 0. The molecule has 1 saturated heterocycles. The van der Waals surface area contributed by atoms with Crippen LogP contribution in [-0.4, -0.2) is 37.1 Å². The second-order valence-corrected chi connectivity index (χ2v) is 4.39. The Morgan fingerprint density at radius 3 is 2.94 bits per heavy atom. The van der Waals surface area contributed by atoms with Crippen molar-refractivity contribution in [2.75, 3.05) is 26.2 Å². The standard InChI is InChI=1S/C14H20N2/c1-2-9-16-10-8-15-14(12-16)11-13-6-4-3-5-7-13/h2-7,14-15H,1,8-12H2. The Morgan fingerprint density at radius 1 is 1.38 bits per heavy atom. The molecular weight excluding hydrogens is 196 g/mol. The van der Waals surface area contributed by atoms with E-state index in [0.717, 1.165) is 32.6 Å². The molecule has 1 heterocycles. The predicted molar refractivity (Wildman–Crippen MR) is 68.6 cm³/mol. The molecule has 1 aliphatic heterocycles. The van der Waals surface area contributed by atoms with E-state index in [1.54, 1.807) is 0 Å². The fraction of sp³-hybridized carbons (Fsp3) is 0.429. The van der Waals surface area contributed by atoms with E-state index in [-0.39, 0.29) is 0 Å². The summed E-state index contributed by atoms with van der Waals surface area (Å²) < 4.78 is 0. The molecule has 0 saturated carbocycles. The number of benzene rings is 1. The van der Waals surface area contributed by atoms with Crippen molar-refractivity contribution in [1.29, 1.82) is 0 Å². The minimum absolute atomic E-state index is 0.580. The maximum absolute atomic E-state index is 3.80. The van der Waals surface area contributed by atoms with Crippen LogP contribution < -0.4 is 5.32 Å². The Balaban J connectivity index is 1.88. The molecule has 2 nitrogen and oxygen atoms in total. The van der Waals surface area contributed by atoms with Gasteiger partial charge in [-0.15, -0.1) is 6.58 Å². The van der Waals surface area contributed by atoms with Crippen molar-refractivity contribution in [2.24, 2.45) is 0 Å². The van der Waals surface area contributed by atoms with Gasteiger partial charge in [-0.3, -0.25) is 4.90 Å². The van der Waals surface area contributed by atoms with Crippen LogP contribution in [-0.2, 0) is 6.42 Å². The lowest BCUT2D eigenvalue weighted by Crippen LogP contribution is -2.51. The van der Waals surface area contributed by atoms with Crippen molar-refractivity contribution in [2.45, 2.75) is 12.5 Å². The van der Waals surface area contributed by atoms with E-state index >= 15 is 0 Å². The van der Waals surface area contributed by atoms with Crippen LogP contribution in [0, 0.1) is 0 Å². The Hall–Kier alpha value is -1.12. The van der Waals surface area contributed by atoms with Crippen LogP contribution in [0.3, 0.4) is 0 Å². The number of rotatable bonds is 4. The van der Waals surface area contributed by atoms with E-state index in [1.165, 1.54) is 5.56 Å². The topological polar surface area (TPSA) is 15.3 Å². The molecule has 1 aromatic rings. The second kappa shape index (κ2) is 5.83. The van der Waals surface area contributed by atoms with Gasteiger partial charge in [0.05, 0.1) is 0 Å². The highest BCUT2D eigenvalue weighted by Gasteiger charge is 2.18.